The number of unbranched alkanes of at least 4 members (excludes halogenated alkanes) is 1. The predicted molar refractivity (Wildman–Crippen MR) is 54.7 cm³/mol. The molecule has 3 nitrogen and oxygen atoms in total. The lowest BCUT2D eigenvalue weighted by Crippen LogP contribution is -2.21. The first-order chi connectivity index (χ1) is 6.24. The van der Waals surface area contributed by atoms with Crippen molar-refractivity contribution in [3.8, 4) is 0 Å². The molecule has 0 saturated heterocycles. The number of hydrogen-bond acceptors (Lipinski definition) is 4. The third kappa shape index (κ3) is 3.42. The van der Waals surface area contributed by atoms with Crippen LogP contribution in [0.15, 0.2) is 6.20 Å². The minimum Gasteiger partial charge on any atom is -0.372 e. The van der Waals surface area contributed by atoms with Gasteiger partial charge >= 0.3 is 0 Å². The Kier molecular flexibility index (Phi) is 4.35. The highest BCUT2D eigenvalue weighted by molar-refractivity contribution is 7.11. The largest absolute Gasteiger partial charge is 0.372 e. The summed E-state index contributed by atoms with van der Waals surface area (Å²) in [5, 5.41) is 13.4. The van der Waals surface area contributed by atoms with Gasteiger partial charge in [-0.1, -0.05) is 13.3 Å². The summed E-state index contributed by atoms with van der Waals surface area (Å²) in [4.78, 5) is 5.23. The topological polar surface area (TPSA) is 45.1 Å². The zero-order valence-corrected chi connectivity index (χ0v) is 8.90. The van der Waals surface area contributed by atoms with Gasteiger partial charge in [-0.25, -0.2) is 4.98 Å². The number of aryl methyl sites for hydroxylation is 1. The number of aromatic nitrogens is 1. The van der Waals surface area contributed by atoms with E-state index in [9.17, 15) is 5.11 Å². The molecule has 0 spiro atoms. The van der Waals surface area contributed by atoms with Crippen LogP contribution in [0.2, 0.25) is 0 Å². The minimum absolute atomic E-state index is 0.592. The second-order valence-electron chi connectivity index (χ2n) is 3.02. The summed E-state index contributed by atoms with van der Waals surface area (Å²) in [5.74, 6) is 0. The molecule has 1 unspecified atom stereocenters. The van der Waals surface area contributed by atoms with Gasteiger partial charge in [0.15, 0.2) is 6.23 Å². The Labute approximate surface area is 82.8 Å². The number of aliphatic hydroxyl groups is 1. The summed E-state index contributed by atoms with van der Waals surface area (Å²) in [5.41, 5.74) is 0. The Morgan fingerprint density at radius 1 is 1.69 bits per heavy atom. The second kappa shape index (κ2) is 5.32. The third-order valence-electron chi connectivity index (χ3n) is 1.74. The number of rotatable bonds is 5. The van der Waals surface area contributed by atoms with Crippen LogP contribution in [0.4, 0.5) is 0 Å². The zero-order chi connectivity index (χ0) is 9.68. The van der Waals surface area contributed by atoms with Gasteiger partial charge in [0.2, 0.25) is 0 Å². The van der Waals surface area contributed by atoms with Crippen molar-refractivity contribution in [3.63, 3.8) is 0 Å². The van der Waals surface area contributed by atoms with Gasteiger partial charge in [-0.2, -0.15) is 0 Å². The standard InChI is InChI=1S/C9H16N2OS/c1-3-4-5-10-8(12)9-11-6-7(2)13-9/h6,8,10,12H,3-5H2,1-2H3. The van der Waals surface area contributed by atoms with E-state index in [2.05, 4.69) is 17.2 Å². The second-order valence-corrected chi connectivity index (χ2v) is 4.29. The Bertz CT molecular complexity index is 250. The maximum Gasteiger partial charge on any atom is 0.157 e. The summed E-state index contributed by atoms with van der Waals surface area (Å²) in [6, 6.07) is 0. The zero-order valence-electron chi connectivity index (χ0n) is 8.08. The summed E-state index contributed by atoms with van der Waals surface area (Å²) in [7, 11) is 0. The van der Waals surface area contributed by atoms with Crippen LogP contribution in [-0.2, 0) is 0 Å². The van der Waals surface area contributed by atoms with Gasteiger partial charge in [-0.3, -0.25) is 5.32 Å². The molecule has 0 amide bonds. The van der Waals surface area contributed by atoms with Crippen molar-refractivity contribution in [1.29, 1.82) is 0 Å². The Balaban J connectivity index is 2.35. The first kappa shape index (κ1) is 10.6. The van der Waals surface area contributed by atoms with E-state index >= 15 is 0 Å². The normalized spacial score (nSPS) is 13.2. The molecule has 1 rings (SSSR count). The van der Waals surface area contributed by atoms with Gasteiger partial charge < -0.3 is 5.11 Å². The van der Waals surface area contributed by atoms with E-state index in [1.807, 2.05) is 6.92 Å². The van der Waals surface area contributed by atoms with Crippen molar-refractivity contribution in [2.45, 2.75) is 32.9 Å². The van der Waals surface area contributed by atoms with Gasteiger partial charge in [0.25, 0.3) is 0 Å². The van der Waals surface area contributed by atoms with E-state index in [-0.39, 0.29) is 0 Å². The average Bonchev–Trinajstić information content (AvgIpc) is 2.52. The SMILES string of the molecule is CCCCNC(O)c1ncc(C)s1. The molecular weight excluding hydrogens is 184 g/mol. The highest BCUT2D eigenvalue weighted by atomic mass is 32.1. The van der Waals surface area contributed by atoms with E-state index in [0.717, 1.165) is 29.3 Å². The lowest BCUT2D eigenvalue weighted by atomic mass is 10.3. The molecule has 2 N–H and O–H groups in total. The Hall–Kier alpha value is -0.450. The number of nitrogens with zero attached hydrogens (tertiary/aromatic N) is 1. The highest BCUT2D eigenvalue weighted by Crippen LogP contribution is 2.16. The van der Waals surface area contributed by atoms with Crippen LogP contribution in [0.25, 0.3) is 0 Å². The fourth-order valence-electron chi connectivity index (χ4n) is 1.00. The van der Waals surface area contributed by atoms with E-state index in [1.54, 1.807) is 6.20 Å². The fraction of sp³-hybridized carbons (Fsp3) is 0.667. The van der Waals surface area contributed by atoms with Crippen LogP contribution in [0.3, 0.4) is 0 Å². The van der Waals surface area contributed by atoms with E-state index in [0.29, 0.717) is 0 Å². The van der Waals surface area contributed by atoms with E-state index in [4.69, 9.17) is 0 Å². The van der Waals surface area contributed by atoms with Gasteiger partial charge in [-0.05, 0) is 19.9 Å². The Morgan fingerprint density at radius 2 is 2.46 bits per heavy atom. The summed E-state index contributed by atoms with van der Waals surface area (Å²) in [6.07, 6.45) is 3.41. The maximum absolute atomic E-state index is 9.60. The quantitative estimate of drug-likeness (QED) is 0.563. The molecule has 74 valence electrons. The molecule has 0 aromatic carbocycles. The van der Waals surface area contributed by atoms with Gasteiger partial charge in [0.05, 0.1) is 0 Å². The van der Waals surface area contributed by atoms with Crippen molar-refractivity contribution >= 4 is 11.3 Å². The van der Waals surface area contributed by atoms with E-state index < -0.39 is 6.23 Å². The molecular formula is C9H16N2OS. The maximum atomic E-state index is 9.60. The molecule has 1 aromatic heterocycles. The monoisotopic (exact) mass is 200 g/mol. The van der Waals surface area contributed by atoms with Crippen molar-refractivity contribution in [1.82, 2.24) is 10.3 Å². The van der Waals surface area contributed by atoms with Crippen LogP contribution in [-0.4, -0.2) is 16.6 Å². The van der Waals surface area contributed by atoms with Gasteiger partial charge in [0.1, 0.15) is 5.01 Å². The van der Waals surface area contributed by atoms with Crippen molar-refractivity contribution in [2.75, 3.05) is 6.54 Å². The molecule has 4 heteroatoms. The predicted octanol–water partition coefficient (Wildman–Crippen LogP) is 1.83. The third-order valence-corrected chi connectivity index (χ3v) is 2.71. The fourth-order valence-corrected chi connectivity index (χ4v) is 1.74. The Morgan fingerprint density at radius 3 is 3.00 bits per heavy atom. The molecule has 0 aliphatic heterocycles. The molecule has 1 heterocycles. The molecule has 1 aromatic rings. The van der Waals surface area contributed by atoms with Crippen LogP contribution in [0, 0.1) is 6.92 Å². The number of aliphatic hydroxyl groups excluding tert-OH is 1. The molecule has 0 bridgehead atoms. The highest BCUT2D eigenvalue weighted by Gasteiger charge is 2.09. The van der Waals surface area contributed by atoms with Crippen molar-refractivity contribution in [2.24, 2.45) is 0 Å². The van der Waals surface area contributed by atoms with Crippen LogP contribution in [0.5, 0.6) is 0 Å². The lowest BCUT2D eigenvalue weighted by molar-refractivity contribution is 0.138. The first-order valence-corrected chi connectivity index (χ1v) is 5.39. The minimum atomic E-state index is -0.592. The summed E-state index contributed by atoms with van der Waals surface area (Å²) in [6.45, 7) is 4.96. The van der Waals surface area contributed by atoms with Crippen LogP contribution >= 0.6 is 11.3 Å². The molecule has 0 fully saturated rings. The van der Waals surface area contributed by atoms with Gasteiger partial charge in [0, 0.05) is 11.1 Å². The van der Waals surface area contributed by atoms with E-state index in [1.165, 1.54) is 11.3 Å². The van der Waals surface area contributed by atoms with Crippen molar-refractivity contribution in [3.05, 3.63) is 16.1 Å². The molecule has 0 aliphatic carbocycles. The number of nitrogens with one attached hydrogen (secondary N) is 1. The van der Waals surface area contributed by atoms with Gasteiger partial charge in [-0.15, -0.1) is 11.3 Å². The van der Waals surface area contributed by atoms with Crippen molar-refractivity contribution < 1.29 is 5.11 Å². The molecule has 1 atom stereocenters. The van der Waals surface area contributed by atoms with Crippen LogP contribution in [0.1, 0.15) is 35.9 Å². The smallest absolute Gasteiger partial charge is 0.157 e. The number of thiazole rings is 1. The summed E-state index contributed by atoms with van der Waals surface area (Å²) < 4.78 is 0. The lowest BCUT2D eigenvalue weighted by Gasteiger charge is -2.08. The van der Waals surface area contributed by atoms with Crippen LogP contribution < -0.4 is 5.32 Å². The first-order valence-electron chi connectivity index (χ1n) is 4.57. The average molecular weight is 200 g/mol. The molecule has 13 heavy (non-hydrogen) atoms. The molecule has 0 aliphatic rings. The number of hydrogen-bond donors (Lipinski definition) is 2. The molecule has 0 radical (unpaired) electrons. The molecule has 0 saturated carbocycles. The summed E-state index contributed by atoms with van der Waals surface area (Å²) >= 11 is 1.53.